The monoisotopic (exact) mass is 356 g/mol. The summed E-state index contributed by atoms with van der Waals surface area (Å²) in [6.07, 6.45) is 1.42. The van der Waals surface area contributed by atoms with Crippen molar-refractivity contribution in [2.24, 2.45) is 0 Å². The van der Waals surface area contributed by atoms with E-state index in [9.17, 15) is 9.59 Å². The molecule has 0 spiro atoms. The Morgan fingerprint density at radius 2 is 1.78 bits per heavy atom. The van der Waals surface area contributed by atoms with Crippen molar-refractivity contribution >= 4 is 35.0 Å². The molecular weight excluding hydrogens is 339 g/mol. The van der Waals surface area contributed by atoms with Gasteiger partial charge >= 0.3 is 0 Å². The average molecular weight is 357 g/mol. The number of hydrogen-bond acceptors (Lipinski definition) is 3. The molecular formula is C16H18Cl2N2O3. The summed E-state index contributed by atoms with van der Waals surface area (Å²) < 4.78 is 5.44. The summed E-state index contributed by atoms with van der Waals surface area (Å²) in [6.45, 7) is 2.70. The maximum absolute atomic E-state index is 12.5. The number of amides is 2. The van der Waals surface area contributed by atoms with Crippen LogP contribution in [0.1, 0.15) is 23.2 Å². The minimum atomic E-state index is -0.303. The van der Waals surface area contributed by atoms with Gasteiger partial charge in [0, 0.05) is 37.8 Å². The number of carbonyl (C=O) groups is 2. The van der Waals surface area contributed by atoms with E-state index < -0.39 is 0 Å². The van der Waals surface area contributed by atoms with E-state index in [1.807, 2.05) is 0 Å². The molecule has 2 fully saturated rings. The van der Waals surface area contributed by atoms with Gasteiger partial charge in [0.05, 0.1) is 10.6 Å². The van der Waals surface area contributed by atoms with Crippen LogP contribution >= 0.6 is 23.2 Å². The van der Waals surface area contributed by atoms with Crippen LogP contribution in [0.25, 0.3) is 0 Å². The van der Waals surface area contributed by atoms with Crippen LogP contribution in [-0.2, 0) is 9.53 Å². The van der Waals surface area contributed by atoms with E-state index in [-0.39, 0.29) is 17.9 Å². The van der Waals surface area contributed by atoms with E-state index in [1.165, 1.54) is 0 Å². The summed E-state index contributed by atoms with van der Waals surface area (Å²) in [7, 11) is 0. The van der Waals surface area contributed by atoms with Gasteiger partial charge in [-0.3, -0.25) is 9.59 Å². The van der Waals surface area contributed by atoms with Crippen molar-refractivity contribution in [1.29, 1.82) is 0 Å². The van der Waals surface area contributed by atoms with Crippen molar-refractivity contribution in [2.75, 3.05) is 32.8 Å². The van der Waals surface area contributed by atoms with E-state index in [4.69, 9.17) is 27.9 Å². The van der Waals surface area contributed by atoms with Crippen molar-refractivity contribution in [3.63, 3.8) is 0 Å². The molecule has 124 valence electrons. The van der Waals surface area contributed by atoms with Gasteiger partial charge in [0.15, 0.2) is 0 Å². The molecule has 1 unspecified atom stereocenters. The molecule has 23 heavy (non-hydrogen) atoms. The third-order valence-corrected chi connectivity index (χ3v) is 4.79. The lowest BCUT2D eigenvalue weighted by molar-refractivity contribution is -0.142. The molecule has 0 radical (unpaired) electrons. The van der Waals surface area contributed by atoms with Crippen molar-refractivity contribution in [2.45, 2.75) is 18.9 Å². The topological polar surface area (TPSA) is 49.9 Å². The van der Waals surface area contributed by atoms with Crippen LogP contribution in [0.2, 0.25) is 10.0 Å². The summed E-state index contributed by atoms with van der Waals surface area (Å²) >= 11 is 12.0. The molecule has 1 aromatic carbocycles. The second-order valence-corrected chi connectivity index (χ2v) is 6.59. The zero-order valence-corrected chi connectivity index (χ0v) is 14.1. The van der Waals surface area contributed by atoms with Gasteiger partial charge in [-0.1, -0.05) is 23.2 Å². The van der Waals surface area contributed by atoms with Crippen LogP contribution in [0, 0.1) is 0 Å². The minimum absolute atomic E-state index is 0.0409. The first-order chi connectivity index (χ1) is 11.1. The molecule has 2 heterocycles. The molecule has 1 aromatic rings. The van der Waals surface area contributed by atoms with Crippen LogP contribution < -0.4 is 0 Å². The van der Waals surface area contributed by atoms with E-state index in [0.29, 0.717) is 48.4 Å². The zero-order valence-electron chi connectivity index (χ0n) is 12.6. The normalized spacial score (nSPS) is 21.6. The molecule has 2 saturated heterocycles. The molecule has 2 aliphatic rings. The fourth-order valence-electron chi connectivity index (χ4n) is 2.94. The largest absolute Gasteiger partial charge is 0.368 e. The Balaban J connectivity index is 1.60. The lowest BCUT2D eigenvalue weighted by Gasteiger charge is -2.35. The number of halogens is 2. The second kappa shape index (κ2) is 7.07. The molecule has 0 saturated carbocycles. The van der Waals surface area contributed by atoms with Gasteiger partial charge in [0.1, 0.15) is 6.10 Å². The summed E-state index contributed by atoms with van der Waals surface area (Å²) in [5.41, 5.74) is 0.440. The molecule has 0 bridgehead atoms. The van der Waals surface area contributed by atoms with Gasteiger partial charge < -0.3 is 14.5 Å². The van der Waals surface area contributed by atoms with Crippen LogP contribution in [-0.4, -0.2) is 60.5 Å². The quantitative estimate of drug-likeness (QED) is 0.817. The standard InChI is InChI=1S/C16H18Cl2N2O3/c17-11-3-4-12(13(18)10-11)15(21)19-5-7-20(8-6-19)16(22)14-2-1-9-23-14/h3-4,10,14H,1-2,5-9H2. The molecule has 2 amide bonds. The van der Waals surface area contributed by atoms with Crippen LogP contribution in [0.4, 0.5) is 0 Å². The molecule has 7 heteroatoms. The van der Waals surface area contributed by atoms with Gasteiger partial charge in [-0.15, -0.1) is 0 Å². The molecule has 0 aliphatic carbocycles. The van der Waals surface area contributed by atoms with Gasteiger partial charge in [-0.25, -0.2) is 0 Å². The Hall–Kier alpha value is -1.30. The number of ether oxygens (including phenoxy) is 1. The Morgan fingerprint density at radius 3 is 2.39 bits per heavy atom. The summed E-state index contributed by atoms with van der Waals surface area (Å²) in [5, 5.41) is 0.846. The average Bonchev–Trinajstić information content (AvgIpc) is 3.08. The highest BCUT2D eigenvalue weighted by Crippen LogP contribution is 2.23. The van der Waals surface area contributed by atoms with Crippen LogP contribution in [0.3, 0.4) is 0 Å². The molecule has 1 atom stereocenters. The lowest BCUT2D eigenvalue weighted by Crippen LogP contribution is -2.52. The predicted molar refractivity (Wildman–Crippen MR) is 87.9 cm³/mol. The fraction of sp³-hybridized carbons (Fsp3) is 0.500. The lowest BCUT2D eigenvalue weighted by atomic mass is 10.1. The van der Waals surface area contributed by atoms with Crippen LogP contribution in [0.15, 0.2) is 18.2 Å². The van der Waals surface area contributed by atoms with E-state index in [2.05, 4.69) is 0 Å². The highest BCUT2D eigenvalue weighted by Gasteiger charge is 2.31. The number of rotatable bonds is 2. The first-order valence-corrected chi connectivity index (χ1v) is 8.46. The minimum Gasteiger partial charge on any atom is -0.368 e. The summed E-state index contributed by atoms with van der Waals surface area (Å²) in [4.78, 5) is 28.3. The van der Waals surface area contributed by atoms with Crippen molar-refractivity contribution in [3.05, 3.63) is 33.8 Å². The zero-order chi connectivity index (χ0) is 16.4. The molecule has 2 aliphatic heterocycles. The highest BCUT2D eigenvalue weighted by atomic mass is 35.5. The molecule has 5 nitrogen and oxygen atoms in total. The van der Waals surface area contributed by atoms with Gasteiger partial charge in [0.2, 0.25) is 0 Å². The van der Waals surface area contributed by atoms with Crippen molar-refractivity contribution in [3.8, 4) is 0 Å². The number of nitrogens with zero attached hydrogens (tertiary/aromatic N) is 2. The maximum atomic E-state index is 12.5. The van der Waals surface area contributed by atoms with E-state index >= 15 is 0 Å². The predicted octanol–water partition coefficient (Wildman–Crippen LogP) is 2.46. The molecule has 0 aromatic heterocycles. The van der Waals surface area contributed by atoms with Crippen LogP contribution in [0.5, 0.6) is 0 Å². The number of hydrogen-bond donors (Lipinski definition) is 0. The third-order valence-electron chi connectivity index (χ3n) is 4.25. The second-order valence-electron chi connectivity index (χ2n) is 5.74. The Bertz CT molecular complexity index is 609. The molecule has 3 rings (SSSR count). The first kappa shape index (κ1) is 16.6. The SMILES string of the molecule is O=C(c1ccc(Cl)cc1Cl)N1CCN(C(=O)C2CCCO2)CC1. The van der Waals surface area contributed by atoms with Crippen molar-refractivity contribution < 1.29 is 14.3 Å². The maximum Gasteiger partial charge on any atom is 0.255 e. The Morgan fingerprint density at radius 1 is 1.09 bits per heavy atom. The number of carbonyl (C=O) groups excluding carboxylic acids is 2. The number of piperazine rings is 1. The van der Waals surface area contributed by atoms with E-state index in [0.717, 1.165) is 12.8 Å². The van der Waals surface area contributed by atoms with Crippen molar-refractivity contribution in [1.82, 2.24) is 9.80 Å². The highest BCUT2D eigenvalue weighted by molar-refractivity contribution is 6.36. The Kier molecular flexibility index (Phi) is 5.09. The third kappa shape index (κ3) is 3.62. The number of benzene rings is 1. The molecule has 0 N–H and O–H groups in total. The van der Waals surface area contributed by atoms with Gasteiger partial charge in [0.25, 0.3) is 11.8 Å². The fourth-order valence-corrected chi connectivity index (χ4v) is 3.43. The first-order valence-electron chi connectivity index (χ1n) is 7.71. The summed E-state index contributed by atoms with van der Waals surface area (Å²) in [6, 6.07) is 4.85. The summed E-state index contributed by atoms with van der Waals surface area (Å²) in [5.74, 6) is -0.0880. The van der Waals surface area contributed by atoms with Gasteiger partial charge in [-0.05, 0) is 31.0 Å². The van der Waals surface area contributed by atoms with Gasteiger partial charge in [-0.2, -0.15) is 0 Å². The van der Waals surface area contributed by atoms with E-state index in [1.54, 1.807) is 28.0 Å². The smallest absolute Gasteiger partial charge is 0.255 e. The Labute approximate surface area is 145 Å².